The third-order valence-electron chi connectivity index (χ3n) is 2.16. The summed E-state index contributed by atoms with van der Waals surface area (Å²) in [5.74, 6) is -0.245. The summed E-state index contributed by atoms with van der Waals surface area (Å²) in [7, 11) is 0. The quantitative estimate of drug-likeness (QED) is 0.758. The minimum absolute atomic E-state index is 0.116. The van der Waals surface area contributed by atoms with Gasteiger partial charge >= 0.3 is 0 Å². The van der Waals surface area contributed by atoms with Crippen molar-refractivity contribution in [1.82, 2.24) is 0 Å². The first-order chi connectivity index (χ1) is 7.50. The maximum absolute atomic E-state index is 11.2. The summed E-state index contributed by atoms with van der Waals surface area (Å²) in [5, 5.41) is 0. The van der Waals surface area contributed by atoms with Crippen LogP contribution in [-0.4, -0.2) is 18.3 Å². The Morgan fingerprint density at radius 1 is 1.25 bits per heavy atom. The molecule has 0 atom stereocenters. The number of para-hydroxylation sites is 1. The number of carbonyl (C=O) groups is 2. The number of ketones is 1. The molecule has 0 saturated heterocycles. The van der Waals surface area contributed by atoms with Crippen molar-refractivity contribution in [1.29, 1.82) is 0 Å². The van der Waals surface area contributed by atoms with E-state index in [1.807, 2.05) is 32.0 Å². The first kappa shape index (κ1) is 12.2. The summed E-state index contributed by atoms with van der Waals surface area (Å²) in [6, 6.07) is 5.73. The molecule has 0 saturated carbocycles. The highest BCUT2D eigenvalue weighted by atomic mass is 16.5. The Kier molecular flexibility index (Phi) is 4.05. The smallest absolute Gasteiger partial charge is 0.225 e. The van der Waals surface area contributed by atoms with E-state index in [0.29, 0.717) is 5.75 Å². The Bertz CT molecular complexity index is 392. The van der Waals surface area contributed by atoms with Crippen molar-refractivity contribution >= 4 is 11.7 Å². The van der Waals surface area contributed by atoms with Crippen molar-refractivity contribution in [3.8, 4) is 5.75 Å². The molecule has 0 spiro atoms. The van der Waals surface area contributed by atoms with Crippen LogP contribution in [0.25, 0.3) is 0 Å². The Balaban J connectivity index is 2.61. The molecule has 1 aromatic rings. The van der Waals surface area contributed by atoms with Crippen LogP contribution in [-0.2, 0) is 9.59 Å². The molecule has 1 rings (SSSR count). The van der Waals surface area contributed by atoms with Crippen LogP contribution >= 0.6 is 0 Å². The first-order valence-electron chi connectivity index (χ1n) is 4.99. The fourth-order valence-corrected chi connectivity index (χ4v) is 1.42. The van der Waals surface area contributed by atoms with E-state index in [0.717, 1.165) is 11.1 Å². The fourth-order valence-electron chi connectivity index (χ4n) is 1.42. The second-order valence-electron chi connectivity index (χ2n) is 3.69. The zero-order valence-corrected chi connectivity index (χ0v) is 9.45. The number of ether oxygens (including phenoxy) is 1. The molecular formula is C12H15NO3. The average molecular weight is 221 g/mol. The van der Waals surface area contributed by atoms with Crippen molar-refractivity contribution in [3.05, 3.63) is 29.3 Å². The van der Waals surface area contributed by atoms with Gasteiger partial charge in [-0.05, 0) is 25.0 Å². The van der Waals surface area contributed by atoms with Crippen LogP contribution in [0.1, 0.15) is 17.5 Å². The van der Waals surface area contributed by atoms with E-state index in [-0.39, 0.29) is 18.8 Å². The van der Waals surface area contributed by atoms with E-state index in [2.05, 4.69) is 0 Å². The van der Waals surface area contributed by atoms with Gasteiger partial charge < -0.3 is 10.5 Å². The molecule has 0 aliphatic rings. The first-order valence-corrected chi connectivity index (χ1v) is 4.99. The predicted octanol–water partition coefficient (Wildman–Crippen LogP) is 1.13. The van der Waals surface area contributed by atoms with Crippen LogP contribution in [0.5, 0.6) is 5.75 Å². The largest absolute Gasteiger partial charge is 0.485 e. The van der Waals surface area contributed by atoms with Gasteiger partial charge in [-0.25, -0.2) is 0 Å². The minimum atomic E-state index is -0.630. The van der Waals surface area contributed by atoms with Crippen LogP contribution in [0.15, 0.2) is 18.2 Å². The molecule has 0 aliphatic carbocycles. The second kappa shape index (κ2) is 5.30. The maximum atomic E-state index is 11.2. The third kappa shape index (κ3) is 3.38. The van der Waals surface area contributed by atoms with Gasteiger partial charge in [-0.2, -0.15) is 0 Å². The van der Waals surface area contributed by atoms with Gasteiger partial charge in [-0.15, -0.1) is 0 Å². The molecule has 4 heteroatoms. The lowest BCUT2D eigenvalue weighted by Gasteiger charge is -2.10. The van der Waals surface area contributed by atoms with Gasteiger partial charge in [0.1, 0.15) is 12.4 Å². The van der Waals surface area contributed by atoms with Gasteiger partial charge in [-0.3, -0.25) is 9.59 Å². The number of Topliss-reactive ketones (excluding diaryl/α,β-unsaturated/α-hetero) is 1. The molecule has 4 nitrogen and oxygen atoms in total. The van der Waals surface area contributed by atoms with Crippen LogP contribution in [0.3, 0.4) is 0 Å². The highest BCUT2D eigenvalue weighted by Gasteiger charge is 2.09. The number of amides is 1. The highest BCUT2D eigenvalue weighted by molar-refractivity contribution is 5.97. The van der Waals surface area contributed by atoms with Crippen molar-refractivity contribution in [2.75, 3.05) is 6.61 Å². The number of primary amides is 1. The summed E-state index contributed by atoms with van der Waals surface area (Å²) in [5.41, 5.74) is 6.84. The standard InChI is InChI=1S/C12H15NO3/c1-8-4-3-5-9(2)12(8)16-7-10(14)6-11(13)15/h3-5H,6-7H2,1-2H3,(H2,13,15). The van der Waals surface area contributed by atoms with Gasteiger partial charge in [0.15, 0.2) is 5.78 Å². The van der Waals surface area contributed by atoms with Gasteiger partial charge in [0.2, 0.25) is 5.91 Å². The number of rotatable bonds is 5. The van der Waals surface area contributed by atoms with E-state index in [1.54, 1.807) is 0 Å². The molecule has 0 bridgehead atoms. The maximum Gasteiger partial charge on any atom is 0.225 e. The molecule has 1 aromatic carbocycles. The van der Waals surface area contributed by atoms with E-state index in [1.165, 1.54) is 0 Å². The zero-order valence-electron chi connectivity index (χ0n) is 9.45. The van der Waals surface area contributed by atoms with E-state index in [9.17, 15) is 9.59 Å². The SMILES string of the molecule is Cc1cccc(C)c1OCC(=O)CC(N)=O. The lowest BCUT2D eigenvalue weighted by Crippen LogP contribution is -2.21. The molecule has 0 radical (unpaired) electrons. The van der Waals surface area contributed by atoms with Gasteiger partial charge in [0, 0.05) is 0 Å². The van der Waals surface area contributed by atoms with Crippen LogP contribution in [0.4, 0.5) is 0 Å². The number of hydrogen-bond acceptors (Lipinski definition) is 3. The molecule has 2 N–H and O–H groups in total. The molecule has 0 heterocycles. The van der Waals surface area contributed by atoms with Crippen molar-refractivity contribution in [3.63, 3.8) is 0 Å². The molecule has 1 amide bonds. The summed E-state index contributed by atoms with van der Waals surface area (Å²) >= 11 is 0. The Morgan fingerprint density at radius 2 is 1.81 bits per heavy atom. The summed E-state index contributed by atoms with van der Waals surface area (Å²) < 4.78 is 5.37. The Hall–Kier alpha value is -1.84. The van der Waals surface area contributed by atoms with Crippen molar-refractivity contribution < 1.29 is 14.3 Å². The molecule has 0 aliphatic heterocycles. The lowest BCUT2D eigenvalue weighted by molar-refractivity contribution is -0.127. The predicted molar refractivity (Wildman–Crippen MR) is 60.2 cm³/mol. The van der Waals surface area contributed by atoms with Crippen LogP contribution in [0.2, 0.25) is 0 Å². The van der Waals surface area contributed by atoms with Crippen molar-refractivity contribution in [2.45, 2.75) is 20.3 Å². The topological polar surface area (TPSA) is 69.4 Å². The van der Waals surface area contributed by atoms with Crippen LogP contribution < -0.4 is 10.5 Å². The number of benzene rings is 1. The average Bonchev–Trinajstić information content (AvgIpc) is 2.15. The Labute approximate surface area is 94.4 Å². The highest BCUT2D eigenvalue weighted by Crippen LogP contribution is 2.22. The number of hydrogen-bond donors (Lipinski definition) is 1. The van der Waals surface area contributed by atoms with Crippen LogP contribution in [0, 0.1) is 13.8 Å². The summed E-state index contributed by atoms with van der Waals surface area (Å²) in [6.07, 6.45) is -0.273. The number of carbonyl (C=O) groups excluding carboxylic acids is 2. The molecule has 16 heavy (non-hydrogen) atoms. The summed E-state index contributed by atoms with van der Waals surface area (Å²) in [6.45, 7) is 3.69. The van der Waals surface area contributed by atoms with Gasteiger partial charge in [0.05, 0.1) is 6.42 Å². The second-order valence-corrected chi connectivity index (χ2v) is 3.69. The molecule has 0 fully saturated rings. The normalized spacial score (nSPS) is 9.88. The van der Waals surface area contributed by atoms with Crippen molar-refractivity contribution in [2.24, 2.45) is 5.73 Å². The monoisotopic (exact) mass is 221 g/mol. The molecule has 0 unspecified atom stereocenters. The van der Waals surface area contributed by atoms with Gasteiger partial charge in [0.25, 0.3) is 0 Å². The zero-order chi connectivity index (χ0) is 12.1. The third-order valence-corrected chi connectivity index (χ3v) is 2.16. The van der Waals surface area contributed by atoms with E-state index < -0.39 is 5.91 Å². The number of aryl methyl sites for hydroxylation is 2. The minimum Gasteiger partial charge on any atom is -0.485 e. The van der Waals surface area contributed by atoms with E-state index in [4.69, 9.17) is 10.5 Å². The lowest BCUT2D eigenvalue weighted by atomic mass is 10.1. The fraction of sp³-hybridized carbons (Fsp3) is 0.333. The van der Waals surface area contributed by atoms with Gasteiger partial charge in [-0.1, -0.05) is 18.2 Å². The Morgan fingerprint density at radius 3 is 2.31 bits per heavy atom. The molecule has 86 valence electrons. The molecule has 0 aromatic heterocycles. The number of nitrogens with two attached hydrogens (primary N) is 1. The molecular weight excluding hydrogens is 206 g/mol. The summed E-state index contributed by atoms with van der Waals surface area (Å²) in [4.78, 5) is 21.7. The van der Waals surface area contributed by atoms with E-state index >= 15 is 0 Å².